The average molecular weight is 320 g/mol. The van der Waals surface area contributed by atoms with E-state index in [4.69, 9.17) is 22.5 Å². The topological polar surface area (TPSA) is 115 Å². The van der Waals surface area contributed by atoms with Crippen molar-refractivity contribution < 1.29 is 13.2 Å². The van der Waals surface area contributed by atoms with Crippen LogP contribution in [0.2, 0.25) is 5.02 Å². The number of rotatable bonds is 3. The first-order chi connectivity index (χ1) is 8.93. The number of hydrogen-bond donors (Lipinski definition) is 3. The normalized spacial score (nSPS) is 13.9. The highest BCUT2D eigenvalue weighted by Crippen LogP contribution is 2.26. The number of carbonyl (C=O) groups is 1. The number of hydrogen-bond acceptors (Lipinski definition) is 4. The van der Waals surface area contributed by atoms with Crippen LogP contribution in [0.3, 0.4) is 0 Å². The highest BCUT2D eigenvalue weighted by Gasteiger charge is 2.28. The lowest BCUT2D eigenvalue weighted by Gasteiger charge is -2.26. The second-order valence-corrected chi connectivity index (χ2v) is 7.49. The van der Waals surface area contributed by atoms with Gasteiger partial charge in [-0.15, -0.1) is 0 Å². The lowest BCUT2D eigenvalue weighted by atomic mass is 9.87. The first-order valence-electron chi connectivity index (χ1n) is 5.81. The monoisotopic (exact) mass is 319 g/mol. The molecule has 1 rings (SSSR count). The average Bonchev–Trinajstić information content (AvgIpc) is 2.28. The van der Waals surface area contributed by atoms with Gasteiger partial charge in [0.2, 0.25) is 15.9 Å². The SMILES string of the molecule is CC(C)(C)[C@@H](N)C(=O)Nc1cc(S(N)(=O)=O)ccc1Cl. The summed E-state index contributed by atoms with van der Waals surface area (Å²) < 4.78 is 22.5. The molecule has 20 heavy (non-hydrogen) atoms. The fourth-order valence-corrected chi connectivity index (χ4v) is 2.09. The van der Waals surface area contributed by atoms with Crippen molar-refractivity contribution in [3.8, 4) is 0 Å². The summed E-state index contributed by atoms with van der Waals surface area (Å²) in [6.07, 6.45) is 0. The Kier molecular flexibility index (Phi) is 4.81. The molecule has 0 bridgehead atoms. The predicted octanol–water partition coefficient (Wildman–Crippen LogP) is 1.30. The summed E-state index contributed by atoms with van der Waals surface area (Å²) in [5.74, 6) is -0.453. The van der Waals surface area contributed by atoms with Gasteiger partial charge in [-0.25, -0.2) is 13.6 Å². The van der Waals surface area contributed by atoms with Crippen LogP contribution in [0.25, 0.3) is 0 Å². The van der Waals surface area contributed by atoms with Crippen LogP contribution in [0.1, 0.15) is 20.8 Å². The molecule has 0 unspecified atom stereocenters. The third kappa shape index (κ3) is 4.17. The van der Waals surface area contributed by atoms with E-state index in [0.717, 1.165) is 0 Å². The third-order valence-corrected chi connectivity index (χ3v) is 3.98. The molecule has 1 aromatic carbocycles. The van der Waals surface area contributed by atoms with Crippen LogP contribution in [0, 0.1) is 5.41 Å². The Morgan fingerprint density at radius 2 is 1.90 bits per heavy atom. The molecule has 0 aliphatic rings. The molecule has 6 nitrogen and oxygen atoms in total. The predicted molar refractivity (Wildman–Crippen MR) is 78.9 cm³/mol. The summed E-state index contributed by atoms with van der Waals surface area (Å²) in [6.45, 7) is 5.46. The number of nitrogens with two attached hydrogens (primary N) is 2. The Labute approximate surface area is 123 Å². The van der Waals surface area contributed by atoms with Gasteiger partial charge in [0.25, 0.3) is 0 Å². The molecule has 112 valence electrons. The molecule has 1 aromatic rings. The van der Waals surface area contributed by atoms with Crippen molar-refractivity contribution in [2.45, 2.75) is 31.7 Å². The van der Waals surface area contributed by atoms with E-state index in [1.165, 1.54) is 18.2 Å². The Hall–Kier alpha value is -1.15. The molecule has 0 spiro atoms. The van der Waals surface area contributed by atoms with Crippen molar-refractivity contribution in [2.75, 3.05) is 5.32 Å². The van der Waals surface area contributed by atoms with E-state index in [2.05, 4.69) is 5.32 Å². The van der Waals surface area contributed by atoms with Crippen molar-refractivity contribution in [1.82, 2.24) is 0 Å². The van der Waals surface area contributed by atoms with Gasteiger partial charge in [-0.1, -0.05) is 32.4 Å². The maximum atomic E-state index is 12.0. The van der Waals surface area contributed by atoms with Gasteiger partial charge in [0.05, 0.1) is 21.6 Å². The molecular weight excluding hydrogens is 302 g/mol. The maximum absolute atomic E-state index is 12.0. The standard InChI is InChI=1S/C12H18ClN3O3S/c1-12(2,3)10(14)11(17)16-9-6-7(20(15,18)19)4-5-8(9)13/h4-6,10H,14H2,1-3H3,(H,16,17)(H2,15,18,19)/t10-/m0/s1. The Morgan fingerprint density at radius 1 is 1.35 bits per heavy atom. The van der Waals surface area contributed by atoms with Crippen molar-refractivity contribution in [2.24, 2.45) is 16.3 Å². The molecule has 8 heteroatoms. The summed E-state index contributed by atoms with van der Waals surface area (Å²) in [6, 6.07) is 3.04. The molecule has 1 atom stereocenters. The summed E-state index contributed by atoms with van der Waals surface area (Å²) in [4.78, 5) is 11.9. The maximum Gasteiger partial charge on any atom is 0.241 e. The smallest absolute Gasteiger partial charge is 0.241 e. The lowest BCUT2D eigenvalue weighted by Crippen LogP contribution is -2.45. The Balaban J connectivity index is 3.07. The summed E-state index contributed by atoms with van der Waals surface area (Å²) in [5.41, 5.74) is 5.54. The molecule has 0 aliphatic carbocycles. The second kappa shape index (κ2) is 5.69. The van der Waals surface area contributed by atoms with Gasteiger partial charge >= 0.3 is 0 Å². The van der Waals surface area contributed by atoms with E-state index in [9.17, 15) is 13.2 Å². The molecule has 0 aliphatic heterocycles. The Bertz CT molecular complexity index is 623. The van der Waals surface area contributed by atoms with Crippen molar-refractivity contribution >= 4 is 33.2 Å². The van der Waals surface area contributed by atoms with Crippen LogP contribution < -0.4 is 16.2 Å². The summed E-state index contributed by atoms with van der Waals surface area (Å²) >= 11 is 5.92. The third-order valence-electron chi connectivity index (χ3n) is 2.74. The summed E-state index contributed by atoms with van der Waals surface area (Å²) in [5, 5.41) is 7.74. The number of amides is 1. The number of anilines is 1. The van der Waals surface area contributed by atoms with Gasteiger partial charge in [-0.05, 0) is 23.6 Å². The first kappa shape index (κ1) is 16.9. The number of benzene rings is 1. The highest BCUT2D eigenvalue weighted by atomic mass is 35.5. The van der Waals surface area contributed by atoms with Gasteiger partial charge in [0.1, 0.15) is 0 Å². The zero-order chi connectivity index (χ0) is 15.7. The van der Waals surface area contributed by atoms with Gasteiger partial charge < -0.3 is 11.1 Å². The van der Waals surface area contributed by atoms with Crippen LogP contribution >= 0.6 is 11.6 Å². The Morgan fingerprint density at radius 3 is 2.35 bits per heavy atom. The molecular formula is C12H18ClN3O3S. The number of carbonyl (C=O) groups excluding carboxylic acids is 1. The highest BCUT2D eigenvalue weighted by molar-refractivity contribution is 7.89. The molecule has 1 amide bonds. The first-order valence-corrected chi connectivity index (χ1v) is 7.74. The van der Waals surface area contributed by atoms with Gasteiger partial charge in [0.15, 0.2) is 0 Å². The van der Waals surface area contributed by atoms with Gasteiger partial charge in [-0.2, -0.15) is 0 Å². The summed E-state index contributed by atoms with van der Waals surface area (Å²) in [7, 11) is -3.87. The van der Waals surface area contributed by atoms with Crippen LogP contribution in [0.15, 0.2) is 23.1 Å². The zero-order valence-electron chi connectivity index (χ0n) is 11.5. The van der Waals surface area contributed by atoms with E-state index < -0.39 is 27.4 Å². The van der Waals surface area contributed by atoms with E-state index in [1.807, 2.05) is 20.8 Å². The van der Waals surface area contributed by atoms with Crippen LogP contribution in [-0.4, -0.2) is 20.4 Å². The van der Waals surface area contributed by atoms with E-state index >= 15 is 0 Å². The number of nitrogens with one attached hydrogen (secondary N) is 1. The fourth-order valence-electron chi connectivity index (χ4n) is 1.38. The number of halogens is 1. The fraction of sp³-hybridized carbons (Fsp3) is 0.417. The molecule has 0 saturated carbocycles. The van der Waals surface area contributed by atoms with E-state index in [-0.39, 0.29) is 15.6 Å². The molecule has 0 heterocycles. The van der Waals surface area contributed by atoms with Crippen LogP contribution in [-0.2, 0) is 14.8 Å². The molecule has 0 radical (unpaired) electrons. The lowest BCUT2D eigenvalue weighted by molar-refractivity contribution is -0.119. The minimum atomic E-state index is -3.87. The quantitative estimate of drug-likeness (QED) is 0.778. The minimum Gasteiger partial charge on any atom is -0.323 e. The molecule has 0 fully saturated rings. The largest absolute Gasteiger partial charge is 0.323 e. The molecule has 0 saturated heterocycles. The van der Waals surface area contributed by atoms with E-state index in [0.29, 0.717) is 0 Å². The zero-order valence-corrected chi connectivity index (χ0v) is 13.0. The van der Waals surface area contributed by atoms with E-state index in [1.54, 1.807) is 0 Å². The van der Waals surface area contributed by atoms with Crippen molar-refractivity contribution in [3.63, 3.8) is 0 Å². The van der Waals surface area contributed by atoms with Crippen molar-refractivity contribution in [1.29, 1.82) is 0 Å². The number of sulfonamides is 1. The minimum absolute atomic E-state index is 0.137. The second-order valence-electron chi connectivity index (χ2n) is 5.52. The van der Waals surface area contributed by atoms with Crippen molar-refractivity contribution in [3.05, 3.63) is 23.2 Å². The van der Waals surface area contributed by atoms with Gasteiger partial charge in [0, 0.05) is 0 Å². The molecule has 0 aromatic heterocycles. The number of primary sulfonamides is 1. The van der Waals surface area contributed by atoms with Crippen LogP contribution in [0.4, 0.5) is 5.69 Å². The van der Waals surface area contributed by atoms with Gasteiger partial charge in [-0.3, -0.25) is 4.79 Å². The van der Waals surface area contributed by atoms with Crippen LogP contribution in [0.5, 0.6) is 0 Å². The molecule has 5 N–H and O–H groups in total.